The molecule has 5 nitrogen and oxygen atoms in total. The van der Waals surface area contributed by atoms with E-state index >= 15 is 0 Å². The fraction of sp³-hybridized carbons (Fsp3) is 0.0667. The van der Waals surface area contributed by atoms with E-state index in [1.165, 1.54) is 12.5 Å². The minimum absolute atomic E-state index is 0.0716. The Morgan fingerprint density at radius 1 is 1.32 bits per heavy atom. The van der Waals surface area contributed by atoms with Gasteiger partial charge in [0.2, 0.25) is 0 Å². The van der Waals surface area contributed by atoms with Crippen LogP contribution in [0.1, 0.15) is 5.76 Å². The lowest BCUT2D eigenvalue weighted by Crippen LogP contribution is -2.24. The number of furan rings is 1. The molecule has 0 unspecified atom stereocenters. The lowest BCUT2D eigenvalue weighted by molar-refractivity contribution is -0.117. The van der Waals surface area contributed by atoms with Crippen LogP contribution in [0.3, 0.4) is 0 Å². The number of nitrogens with one attached hydrogen (secondary N) is 2. The van der Waals surface area contributed by atoms with Gasteiger partial charge in [-0.15, -0.1) is 0 Å². The molecule has 0 saturated heterocycles. The molecule has 1 aromatic heterocycles. The zero-order valence-corrected chi connectivity index (χ0v) is 12.8. The summed E-state index contributed by atoms with van der Waals surface area (Å²) in [6, 6.07) is 10.2. The Bertz CT molecular complexity index is 734. The fourth-order valence-corrected chi connectivity index (χ4v) is 1.86. The molecule has 2 rings (SSSR count). The molecule has 22 heavy (non-hydrogen) atoms. The van der Waals surface area contributed by atoms with Gasteiger partial charge in [0.05, 0.1) is 22.9 Å². The summed E-state index contributed by atoms with van der Waals surface area (Å²) < 4.78 is 5.09. The highest BCUT2D eigenvalue weighted by Gasteiger charge is 2.09. The van der Waals surface area contributed by atoms with Crippen LogP contribution in [0, 0.1) is 11.3 Å². The van der Waals surface area contributed by atoms with Crippen LogP contribution < -0.4 is 10.6 Å². The Balaban J connectivity index is 1.99. The number of hydrogen-bond donors (Lipinski definition) is 2. The van der Waals surface area contributed by atoms with Gasteiger partial charge in [-0.25, -0.2) is 0 Å². The molecule has 7 heteroatoms. The van der Waals surface area contributed by atoms with Crippen molar-refractivity contribution >= 4 is 34.8 Å². The number of carbonyl (C=O) groups excluding carboxylic acids is 1. The maximum absolute atomic E-state index is 11.9. The first-order valence-electron chi connectivity index (χ1n) is 6.22. The monoisotopic (exact) mass is 335 g/mol. The molecule has 0 bridgehead atoms. The minimum Gasteiger partial charge on any atom is -0.467 e. The predicted molar refractivity (Wildman–Crippen MR) is 84.3 cm³/mol. The fourth-order valence-electron chi connectivity index (χ4n) is 1.57. The summed E-state index contributed by atoms with van der Waals surface area (Å²) >= 11 is 11.7. The van der Waals surface area contributed by atoms with E-state index in [-0.39, 0.29) is 12.1 Å². The summed E-state index contributed by atoms with van der Waals surface area (Å²) in [4.78, 5) is 11.9. The van der Waals surface area contributed by atoms with Gasteiger partial charge in [0.1, 0.15) is 17.4 Å². The lowest BCUT2D eigenvalue weighted by atomic mass is 10.2. The molecular formula is C15H11Cl2N3O2. The van der Waals surface area contributed by atoms with Crippen LogP contribution in [-0.2, 0) is 11.3 Å². The molecule has 1 heterocycles. The molecule has 0 spiro atoms. The van der Waals surface area contributed by atoms with Crippen molar-refractivity contribution in [3.05, 3.63) is 64.2 Å². The molecule has 2 aromatic rings. The Hall–Kier alpha value is -2.42. The number of halogens is 2. The van der Waals surface area contributed by atoms with Crippen LogP contribution in [-0.4, -0.2) is 5.91 Å². The highest BCUT2D eigenvalue weighted by Crippen LogP contribution is 2.25. The second-order valence-electron chi connectivity index (χ2n) is 4.21. The number of benzene rings is 1. The maximum atomic E-state index is 11.9. The van der Waals surface area contributed by atoms with Crippen molar-refractivity contribution in [3.63, 3.8) is 0 Å². The largest absolute Gasteiger partial charge is 0.467 e. The normalized spacial score (nSPS) is 10.9. The zero-order valence-electron chi connectivity index (χ0n) is 11.3. The van der Waals surface area contributed by atoms with Gasteiger partial charge >= 0.3 is 0 Å². The summed E-state index contributed by atoms with van der Waals surface area (Å²) in [5.41, 5.74) is 0.540. The molecule has 0 atom stereocenters. The first kappa shape index (κ1) is 16.0. The number of carbonyl (C=O) groups is 1. The molecule has 0 aliphatic heterocycles. The van der Waals surface area contributed by atoms with E-state index in [2.05, 4.69) is 10.6 Å². The van der Waals surface area contributed by atoms with Crippen LogP contribution in [0.5, 0.6) is 0 Å². The number of nitriles is 1. The van der Waals surface area contributed by atoms with E-state index in [1.54, 1.807) is 30.3 Å². The van der Waals surface area contributed by atoms with E-state index in [9.17, 15) is 4.79 Å². The van der Waals surface area contributed by atoms with Gasteiger partial charge in [-0.3, -0.25) is 4.79 Å². The first-order valence-corrected chi connectivity index (χ1v) is 6.98. The van der Waals surface area contributed by atoms with Crippen LogP contribution in [0.25, 0.3) is 0 Å². The molecular weight excluding hydrogens is 325 g/mol. The van der Waals surface area contributed by atoms with Gasteiger partial charge in [0.15, 0.2) is 0 Å². The molecule has 112 valence electrons. The van der Waals surface area contributed by atoms with Crippen molar-refractivity contribution in [2.24, 2.45) is 0 Å². The standard InChI is InChI=1S/C15H11Cl2N3O2/c16-13-4-3-11(6-14(13)17)19-8-10(7-18)15(21)20-9-12-2-1-5-22-12/h1-6,8,19H,9H2,(H,20,21)/b10-8-. The first-order chi connectivity index (χ1) is 10.6. The van der Waals surface area contributed by atoms with Crippen molar-refractivity contribution in [2.75, 3.05) is 5.32 Å². The smallest absolute Gasteiger partial charge is 0.263 e. The Morgan fingerprint density at radius 2 is 2.14 bits per heavy atom. The maximum Gasteiger partial charge on any atom is 0.263 e. The Kier molecular flexibility index (Phi) is 5.48. The van der Waals surface area contributed by atoms with E-state index in [0.29, 0.717) is 21.5 Å². The minimum atomic E-state index is -0.508. The second-order valence-corrected chi connectivity index (χ2v) is 5.02. The third kappa shape index (κ3) is 4.29. The van der Waals surface area contributed by atoms with Gasteiger partial charge in [-0.2, -0.15) is 5.26 Å². The third-order valence-corrected chi connectivity index (χ3v) is 3.41. The highest BCUT2D eigenvalue weighted by molar-refractivity contribution is 6.42. The Labute approximate surface area is 137 Å². The lowest BCUT2D eigenvalue weighted by Gasteiger charge is -2.05. The average Bonchev–Trinajstić information content (AvgIpc) is 3.02. The molecule has 1 amide bonds. The van der Waals surface area contributed by atoms with Gasteiger partial charge < -0.3 is 15.1 Å². The van der Waals surface area contributed by atoms with Crippen LogP contribution in [0.4, 0.5) is 5.69 Å². The topological polar surface area (TPSA) is 78.1 Å². The molecule has 0 radical (unpaired) electrons. The van der Waals surface area contributed by atoms with E-state index in [0.717, 1.165) is 0 Å². The van der Waals surface area contributed by atoms with Crippen molar-refractivity contribution < 1.29 is 9.21 Å². The van der Waals surface area contributed by atoms with Gasteiger partial charge in [0, 0.05) is 11.9 Å². The van der Waals surface area contributed by atoms with Crippen molar-refractivity contribution in [1.29, 1.82) is 5.26 Å². The van der Waals surface area contributed by atoms with Crippen LogP contribution in [0.15, 0.2) is 52.8 Å². The number of rotatable bonds is 5. The predicted octanol–water partition coefficient (Wildman–Crippen LogP) is 3.72. The third-order valence-electron chi connectivity index (χ3n) is 2.67. The number of anilines is 1. The van der Waals surface area contributed by atoms with E-state index in [1.807, 2.05) is 6.07 Å². The van der Waals surface area contributed by atoms with Crippen LogP contribution in [0.2, 0.25) is 10.0 Å². The van der Waals surface area contributed by atoms with Gasteiger partial charge in [-0.1, -0.05) is 23.2 Å². The summed E-state index contributed by atoms with van der Waals surface area (Å²) in [7, 11) is 0. The molecule has 0 aliphatic carbocycles. The Morgan fingerprint density at radius 3 is 2.77 bits per heavy atom. The number of nitrogens with zero attached hydrogens (tertiary/aromatic N) is 1. The van der Waals surface area contributed by atoms with Gasteiger partial charge in [-0.05, 0) is 30.3 Å². The molecule has 0 saturated carbocycles. The molecule has 1 aromatic carbocycles. The summed E-state index contributed by atoms with van der Waals surface area (Å²) in [6.45, 7) is 0.206. The zero-order chi connectivity index (χ0) is 15.9. The molecule has 0 aliphatic rings. The summed E-state index contributed by atoms with van der Waals surface area (Å²) in [5, 5.41) is 15.2. The summed E-state index contributed by atoms with van der Waals surface area (Å²) in [6.07, 6.45) is 2.81. The van der Waals surface area contributed by atoms with Crippen molar-refractivity contribution in [1.82, 2.24) is 5.32 Å². The number of amides is 1. The van der Waals surface area contributed by atoms with E-state index < -0.39 is 5.91 Å². The van der Waals surface area contributed by atoms with Crippen molar-refractivity contribution in [2.45, 2.75) is 6.54 Å². The van der Waals surface area contributed by atoms with Crippen LogP contribution >= 0.6 is 23.2 Å². The van der Waals surface area contributed by atoms with Gasteiger partial charge in [0.25, 0.3) is 5.91 Å². The SMILES string of the molecule is N#C/C(=C/Nc1ccc(Cl)c(Cl)c1)C(=O)NCc1ccco1. The molecule has 2 N–H and O–H groups in total. The number of hydrogen-bond acceptors (Lipinski definition) is 4. The van der Waals surface area contributed by atoms with E-state index in [4.69, 9.17) is 32.9 Å². The van der Waals surface area contributed by atoms with Crippen molar-refractivity contribution in [3.8, 4) is 6.07 Å². The summed E-state index contributed by atoms with van der Waals surface area (Å²) in [5.74, 6) is 0.0922. The second kappa shape index (κ2) is 7.55. The molecule has 0 fully saturated rings. The quantitative estimate of drug-likeness (QED) is 0.644. The average molecular weight is 336 g/mol. The highest BCUT2D eigenvalue weighted by atomic mass is 35.5.